The zero-order valence-electron chi connectivity index (χ0n) is 8.98. The molecule has 17 heavy (non-hydrogen) atoms. The first kappa shape index (κ1) is 13.5. The molecule has 0 aromatic heterocycles. The second-order valence-electron chi connectivity index (χ2n) is 3.21. The molecule has 0 saturated carbocycles. The predicted molar refractivity (Wildman–Crippen MR) is 63.7 cm³/mol. The fourth-order valence-electron chi connectivity index (χ4n) is 1.10. The first-order valence-corrected chi connectivity index (χ1v) is 6.08. The average molecular weight is 257 g/mol. The highest BCUT2D eigenvalue weighted by atomic mass is 32.2. The second-order valence-corrected chi connectivity index (χ2v) is 4.31. The molecule has 4 nitrogen and oxygen atoms in total. The minimum absolute atomic E-state index is 0.0203. The van der Waals surface area contributed by atoms with Crippen molar-refractivity contribution in [2.75, 3.05) is 18.1 Å². The summed E-state index contributed by atoms with van der Waals surface area (Å²) in [5.74, 6) is -1.01. The van der Waals surface area contributed by atoms with Crippen LogP contribution in [0.15, 0.2) is 24.3 Å². The second kappa shape index (κ2) is 6.90. The van der Waals surface area contributed by atoms with E-state index in [1.165, 1.54) is 36.0 Å². The Morgan fingerprint density at radius 3 is 2.53 bits per heavy atom. The van der Waals surface area contributed by atoms with Crippen molar-refractivity contribution in [3.63, 3.8) is 0 Å². The molecule has 1 amide bonds. The van der Waals surface area contributed by atoms with E-state index in [9.17, 15) is 14.0 Å². The van der Waals surface area contributed by atoms with E-state index in [2.05, 4.69) is 5.32 Å². The minimum Gasteiger partial charge on any atom is -0.481 e. The molecular formula is C11H12FNO3S. The standard InChI is InChI=1S/C11H12FNO3S/c12-9-3-1-8(2-4-9)11(16)13-5-6-17-7-10(14)15/h1-4H,5-7H2,(H,13,16)(H,14,15). The van der Waals surface area contributed by atoms with Gasteiger partial charge in [-0.25, -0.2) is 4.39 Å². The number of nitrogens with one attached hydrogen (secondary N) is 1. The molecule has 0 bridgehead atoms. The van der Waals surface area contributed by atoms with Crippen LogP contribution in [0.1, 0.15) is 10.4 Å². The van der Waals surface area contributed by atoms with Gasteiger partial charge in [-0.1, -0.05) is 0 Å². The number of benzene rings is 1. The number of carboxylic acid groups (broad SMARTS) is 1. The van der Waals surface area contributed by atoms with Crippen molar-refractivity contribution >= 4 is 23.6 Å². The van der Waals surface area contributed by atoms with E-state index in [0.717, 1.165) is 0 Å². The Kier molecular flexibility index (Phi) is 5.48. The Labute approximate surface area is 102 Å². The normalized spacial score (nSPS) is 9.94. The van der Waals surface area contributed by atoms with Gasteiger partial charge in [0.05, 0.1) is 5.75 Å². The molecule has 1 rings (SSSR count). The molecule has 0 heterocycles. The van der Waals surface area contributed by atoms with E-state index in [-0.39, 0.29) is 11.7 Å². The molecule has 6 heteroatoms. The molecule has 0 atom stereocenters. The number of carbonyl (C=O) groups excluding carboxylic acids is 1. The first-order chi connectivity index (χ1) is 8.09. The molecule has 1 aromatic carbocycles. The van der Waals surface area contributed by atoms with Crippen molar-refractivity contribution in [3.05, 3.63) is 35.6 Å². The predicted octanol–water partition coefficient (Wildman–Crippen LogP) is 1.37. The van der Waals surface area contributed by atoms with E-state index in [1.54, 1.807) is 0 Å². The van der Waals surface area contributed by atoms with Crippen molar-refractivity contribution in [2.24, 2.45) is 0 Å². The van der Waals surface area contributed by atoms with Gasteiger partial charge in [-0.2, -0.15) is 0 Å². The molecule has 0 spiro atoms. The third-order valence-electron chi connectivity index (χ3n) is 1.86. The molecule has 0 unspecified atom stereocenters. The molecule has 0 radical (unpaired) electrons. The Morgan fingerprint density at radius 2 is 1.94 bits per heavy atom. The first-order valence-electron chi connectivity index (χ1n) is 4.93. The maximum Gasteiger partial charge on any atom is 0.313 e. The Balaban J connectivity index is 2.25. The van der Waals surface area contributed by atoms with Crippen LogP contribution >= 0.6 is 11.8 Å². The molecule has 2 N–H and O–H groups in total. The lowest BCUT2D eigenvalue weighted by Crippen LogP contribution is -2.25. The van der Waals surface area contributed by atoms with Crippen molar-refractivity contribution in [2.45, 2.75) is 0 Å². The van der Waals surface area contributed by atoms with Crippen molar-refractivity contribution in [3.8, 4) is 0 Å². The maximum absolute atomic E-state index is 12.6. The lowest BCUT2D eigenvalue weighted by Gasteiger charge is -2.04. The van der Waals surface area contributed by atoms with E-state index in [4.69, 9.17) is 5.11 Å². The monoisotopic (exact) mass is 257 g/mol. The molecule has 0 aliphatic heterocycles. The minimum atomic E-state index is -0.875. The van der Waals surface area contributed by atoms with Crippen LogP contribution in [0, 0.1) is 5.82 Å². The van der Waals surface area contributed by atoms with Crippen LogP contribution in [0.2, 0.25) is 0 Å². The molecule has 1 aromatic rings. The fraction of sp³-hybridized carbons (Fsp3) is 0.273. The summed E-state index contributed by atoms with van der Waals surface area (Å²) in [5, 5.41) is 11.0. The number of halogens is 1. The smallest absolute Gasteiger partial charge is 0.313 e. The number of aliphatic carboxylic acids is 1. The maximum atomic E-state index is 12.6. The quantitative estimate of drug-likeness (QED) is 0.755. The van der Waals surface area contributed by atoms with Crippen LogP contribution in [-0.4, -0.2) is 35.0 Å². The van der Waals surface area contributed by atoms with Crippen molar-refractivity contribution < 1.29 is 19.1 Å². The summed E-state index contributed by atoms with van der Waals surface area (Å²) in [4.78, 5) is 21.7. The Hall–Kier alpha value is -1.56. The van der Waals surface area contributed by atoms with Crippen LogP contribution < -0.4 is 5.32 Å². The fourth-order valence-corrected chi connectivity index (χ4v) is 1.66. The summed E-state index contributed by atoms with van der Waals surface area (Å²) >= 11 is 1.23. The van der Waals surface area contributed by atoms with Gasteiger partial charge >= 0.3 is 5.97 Å². The van der Waals surface area contributed by atoms with Crippen LogP contribution in [0.3, 0.4) is 0 Å². The zero-order valence-corrected chi connectivity index (χ0v) is 9.80. The highest BCUT2D eigenvalue weighted by molar-refractivity contribution is 7.99. The van der Waals surface area contributed by atoms with Gasteiger partial charge in [0, 0.05) is 17.9 Å². The number of hydrogen-bond donors (Lipinski definition) is 2. The van der Waals surface area contributed by atoms with Crippen LogP contribution in [0.4, 0.5) is 4.39 Å². The summed E-state index contributed by atoms with van der Waals surface area (Å²) < 4.78 is 12.6. The van der Waals surface area contributed by atoms with E-state index in [0.29, 0.717) is 17.9 Å². The molecule has 0 fully saturated rings. The van der Waals surface area contributed by atoms with Crippen molar-refractivity contribution in [1.82, 2.24) is 5.32 Å². The lowest BCUT2D eigenvalue weighted by molar-refractivity contribution is -0.133. The molecule has 0 aliphatic rings. The Morgan fingerprint density at radius 1 is 1.29 bits per heavy atom. The third-order valence-corrected chi connectivity index (χ3v) is 2.81. The SMILES string of the molecule is O=C(O)CSCCNC(=O)c1ccc(F)cc1. The van der Waals surface area contributed by atoms with Gasteiger partial charge in [-0.15, -0.1) is 11.8 Å². The van der Waals surface area contributed by atoms with Gasteiger partial charge in [0.2, 0.25) is 0 Å². The summed E-state index contributed by atoms with van der Waals surface area (Å²) in [7, 11) is 0. The number of rotatable bonds is 6. The molecular weight excluding hydrogens is 245 g/mol. The van der Waals surface area contributed by atoms with Crippen LogP contribution in [0.25, 0.3) is 0 Å². The topological polar surface area (TPSA) is 66.4 Å². The zero-order chi connectivity index (χ0) is 12.7. The number of hydrogen-bond acceptors (Lipinski definition) is 3. The number of thioether (sulfide) groups is 1. The van der Waals surface area contributed by atoms with Crippen LogP contribution in [0.5, 0.6) is 0 Å². The summed E-state index contributed by atoms with van der Waals surface area (Å²) in [6.45, 7) is 0.383. The number of amides is 1. The summed E-state index contributed by atoms with van der Waals surface area (Å²) in [6.07, 6.45) is 0. The number of carbonyl (C=O) groups is 2. The van der Waals surface area contributed by atoms with Gasteiger partial charge in [0.15, 0.2) is 0 Å². The largest absolute Gasteiger partial charge is 0.481 e. The number of carboxylic acids is 1. The molecule has 92 valence electrons. The van der Waals surface area contributed by atoms with Gasteiger partial charge in [0.25, 0.3) is 5.91 Å². The molecule has 0 aliphatic carbocycles. The van der Waals surface area contributed by atoms with Crippen molar-refractivity contribution in [1.29, 1.82) is 0 Å². The van der Waals surface area contributed by atoms with Gasteiger partial charge in [-0.05, 0) is 24.3 Å². The third kappa shape index (κ3) is 5.35. The van der Waals surface area contributed by atoms with Gasteiger partial charge < -0.3 is 10.4 Å². The van der Waals surface area contributed by atoms with E-state index < -0.39 is 11.8 Å². The summed E-state index contributed by atoms with van der Waals surface area (Å²) in [5.41, 5.74) is 0.384. The lowest BCUT2D eigenvalue weighted by atomic mass is 10.2. The average Bonchev–Trinajstić information content (AvgIpc) is 2.29. The van der Waals surface area contributed by atoms with Gasteiger partial charge in [-0.3, -0.25) is 9.59 Å². The highest BCUT2D eigenvalue weighted by Gasteiger charge is 2.04. The van der Waals surface area contributed by atoms with E-state index >= 15 is 0 Å². The summed E-state index contributed by atoms with van der Waals surface area (Å²) in [6, 6.07) is 5.23. The Bertz CT molecular complexity index is 394. The van der Waals surface area contributed by atoms with Gasteiger partial charge in [0.1, 0.15) is 5.82 Å². The highest BCUT2D eigenvalue weighted by Crippen LogP contribution is 2.03. The van der Waals surface area contributed by atoms with Crippen LogP contribution in [-0.2, 0) is 4.79 Å². The molecule has 0 saturated heterocycles. The van der Waals surface area contributed by atoms with E-state index in [1.807, 2.05) is 0 Å².